The van der Waals surface area contributed by atoms with Gasteiger partial charge in [0.1, 0.15) is 12.4 Å². The molecule has 0 atom stereocenters. The minimum Gasteiger partial charge on any atom is -0.489 e. The van der Waals surface area contributed by atoms with Crippen molar-refractivity contribution >= 4 is 39.1 Å². The van der Waals surface area contributed by atoms with E-state index in [0.717, 1.165) is 34.4 Å². The van der Waals surface area contributed by atoms with Crippen LogP contribution in [-0.2, 0) is 13.2 Å². The summed E-state index contributed by atoms with van der Waals surface area (Å²) in [5.41, 5.74) is 2.08. The van der Waals surface area contributed by atoms with Gasteiger partial charge >= 0.3 is 0 Å². The van der Waals surface area contributed by atoms with Crippen molar-refractivity contribution in [2.45, 2.75) is 20.1 Å². The summed E-state index contributed by atoms with van der Waals surface area (Å²) in [7, 11) is 0. The molecule has 0 saturated heterocycles. The van der Waals surface area contributed by atoms with Gasteiger partial charge in [0.05, 0.1) is 0 Å². The van der Waals surface area contributed by atoms with Crippen LogP contribution in [0.4, 0.5) is 0 Å². The van der Waals surface area contributed by atoms with E-state index in [4.69, 9.17) is 27.9 Å². The lowest BCUT2D eigenvalue weighted by Gasteiger charge is -2.11. The Morgan fingerprint density at radius 1 is 1.10 bits per heavy atom. The monoisotopic (exact) mass is 387 g/mol. The minimum absolute atomic E-state index is 0.415. The van der Waals surface area contributed by atoms with Crippen LogP contribution in [-0.4, -0.2) is 6.54 Å². The summed E-state index contributed by atoms with van der Waals surface area (Å²) in [6.07, 6.45) is 0. The molecule has 2 rings (SSSR count). The summed E-state index contributed by atoms with van der Waals surface area (Å²) >= 11 is 15.6. The molecule has 0 aromatic heterocycles. The van der Waals surface area contributed by atoms with E-state index in [1.165, 1.54) is 0 Å². The van der Waals surface area contributed by atoms with Gasteiger partial charge in [-0.15, -0.1) is 0 Å². The number of halogens is 3. The van der Waals surface area contributed by atoms with Gasteiger partial charge in [0.25, 0.3) is 0 Å². The quantitative estimate of drug-likeness (QED) is 0.710. The number of benzene rings is 2. The zero-order chi connectivity index (χ0) is 15.2. The van der Waals surface area contributed by atoms with Crippen LogP contribution in [0.3, 0.4) is 0 Å². The Bertz CT molecular complexity index is 619. The van der Waals surface area contributed by atoms with Gasteiger partial charge in [-0.1, -0.05) is 52.1 Å². The summed E-state index contributed by atoms with van der Waals surface area (Å²) in [6.45, 7) is 4.23. The minimum atomic E-state index is 0.415. The van der Waals surface area contributed by atoms with Gasteiger partial charge < -0.3 is 10.1 Å². The topological polar surface area (TPSA) is 21.3 Å². The first-order chi connectivity index (χ1) is 10.1. The van der Waals surface area contributed by atoms with Crippen LogP contribution in [0.15, 0.2) is 40.9 Å². The highest BCUT2D eigenvalue weighted by atomic mass is 79.9. The fourth-order valence-corrected chi connectivity index (χ4v) is 2.69. The molecule has 0 aliphatic heterocycles. The van der Waals surface area contributed by atoms with Crippen LogP contribution in [0.5, 0.6) is 5.75 Å². The Labute approximate surface area is 143 Å². The predicted molar refractivity (Wildman–Crippen MR) is 92.3 cm³/mol. The fraction of sp³-hybridized carbons (Fsp3) is 0.250. The zero-order valence-electron chi connectivity index (χ0n) is 11.6. The SMILES string of the molecule is CCNCc1cc(OCc2ccc(Cl)cc2Cl)ccc1Br. The molecule has 2 aromatic rings. The number of hydrogen-bond donors (Lipinski definition) is 1. The molecule has 0 aliphatic carbocycles. The molecule has 0 spiro atoms. The van der Waals surface area contributed by atoms with Crippen molar-refractivity contribution in [2.75, 3.05) is 6.54 Å². The van der Waals surface area contributed by atoms with Gasteiger partial charge in [-0.2, -0.15) is 0 Å². The van der Waals surface area contributed by atoms with E-state index < -0.39 is 0 Å². The number of hydrogen-bond acceptors (Lipinski definition) is 2. The lowest BCUT2D eigenvalue weighted by molar-refractivity contribution is 0.306. The Hall–Kier alpha value is -0.740. The maximum atomic E-state index is 6.14. The molecule has 0 fully saturated rings. The van der Waals surface area contributed by atoms with E-state index in [2.05, 4.69) is 28.2 Å². The lowest BCUT2D eigenvalue weighted by atomic mass is 10.2. The highest BCUT2D eigenvalue weighted by Crippen LogP contribution is 2.25. The summed E-state index contributed by atoms with van der Waals surface area (Å²) < 4.78 is 6.88. The molecular formula is C16H16BrCl2NO. The van der Waals surface area contributed by atoms with Gasteiger partial charge in [-0.3, -0.25) is 0 Å². The maximum Gasteiger partial charge on any atom is 0.120 e. The third-order valence-corrected chi connectivity index (χ3v) is 4.35. The molecule has 21 heavy (non-hydrogen) atoms. The van der Waals surface area contributed by atoms with E-state index in [-0.39, 0.29) is 0 Å². The van der Waals surface area contributed by atoms with Crippen molar-refractivity contribution in [2.24, 2.45) is 0 Å². The standard InChI is InChI=1S/C16H16BrCl2NO/c1-2-20-9-12-7-14(5-6-15(12)17)21-10-11-3-4-13(18)8-16(11)19/h3-8,20H,2,9-10H2,1H3. The smallest absolute Gasteiger partial charge is 0.120 e. The Morgan fingerprint density at radius 3 is 2.62 bits per heavy atom. The van der Waals surface area contributed by atoms with Crippen LogP contribution in [0.25, 0.3) is 0 Å². The summed E-state index contributed by atoms with van der Waals surface area (Å²) in [5, 5.41) is 4.54. The average Bonchev–Trinajstić information content (AvgIpc) is 2.46. The van der Waals surface area contributed by atoms with Gasteiger partial charge in [-0.25, -0.2) is 0 Å². The average molecular weight is 389 g/mol. The number of nitrogens with one attached hydrogen (secondary N) is 1. The van der Waals surface area contributed by atoms with Crippen LogP contribution in [0, 0.1) is 0 Å². The molecular weight excluding hydrogens is 373 g/mol. The highest BCUT2D eigenvalue weighted by Gasteiger charge is 2.05. The molecule has 2 aromatic carbocycles. The van der Waals surface area contributed by atoms with E-state index in [1.54, 1.807) is 6.07 Å². The van der Waals surface area contributed by atoms with Gasteiger partial charge in [0.15, 0.2) is 0 Å². The maximum absolute atomic E-state index is 6.14. The van der Waals surface area contributed by atoms with Crippen LogP contribution in [0.1, 0.15) is 18.1 Å². The van der Waals surface area contributed by atoms with Crippen molar-refractivity contribution in [1.29, 1.82) is 0 Å². The molecule has 0 heterocycles. The Kier molecular flexibility index (Phi) is 6.37. The number of rotatable bonds is 6. The van der Waals surface area contributed by atoms with Crippen LogP contribution in [0.2, 0.25) is 10.0 Å². The molecule has 2 nitrogen and oxygen atoms in total. The van der Waals surface area contributed by atoms with Crippen LogP contribution < -0.4 is 10.1 Å². The summed E-state index contributed by atoms with van der Waals surface area (Å²) in [5.74, 6) is 0.817. The first-order valence-electron chi connectivity index (χ1n) is 6.66. The molecule has 0 aliphatic rings. The molecule has 1 N–H and O–H groups in total. The van der Waals surface area contributed by atoms with Crippen molar-refractivity contribution in [1.82, 2.24) is 5.32 Å². The van der Waals surface area contributed by atoms with Gasteiger partial charge in [0, 0.05) is 26.6 Å². The van der Waals surface area contributed by atoms with Crippen molar-refractivity contribution in [3.63, 3.8) is 0 Å². The molecule has 0 radical (unpaired) electrons. The Morgan fingerprint density at radius 2 is 1.90 bits per heavy atom. The van der Waals surface area contributed by atoms with Crippen molar-refractivity contribution in [3.05, 3.63) is 62.0 Å². The van der Waals surface area contributed by atoms with Crippen LogP contribution >= 0.6 is 39.1 Å². The van der Waals surface area contributed by atoms with E-state index >= 15 is 0 Å². The Balaban J connectivity index is 2.05. The first-order valence-corrected chi connectivity index (χ1v) is 8.21. The molecule has 0 amide bonds. The zero-order valence-corrected chi connectivity index (χ0v) is 14.7. The van der Waals surface area contributed by atoms with Gasteiger partial charge in [0.2, 0.25) is 0 Å². The molecule has 5 heteroatoms. The summed E-state index contributed by atoms with van der Waals surface area (Å²) in [4.78, 5) is 0. The normalized spacial score (nSPS) is 10.7. The fourth-order valence-electron chi connectivity index (χ4n) is 1.84. The lowest BCUT2D eigenvalue weighted by Crippen LogP contribution is -2.12. The second-order valence-electron chi connectivity index (χ2n) is 4.56. The second-order valence-corrected chi connectivity index (χ2v) is 6.26. The molecule has 0 unspecified atom stereocenters. The highest BCUT2D eigenvalue weighted by molar-refractivity contribution is 9.10. The largest absolute Gasteiger partial charge is 0.489 e. The molecule has 112 valence electrons. The third kappa shape index (κ3) is 4.89. The summed E-state index contributed by atoms with van der Waals surface area (Å²) in [6, 6.07) is 11.4. The first kappa shape index (κ1) is 16.6. The van der Waals surface area contributed by atoms with E-state index in [9.17, 15) is 0 Å². The van der Waals surface area contributed by atoms with Crippen molar-refractivity contribution in [3.8, 4) is 5.75 Å². The van der Waals surface area contributed by atoms with E-state index in [0.29, 0.717) is 16.7 Å². The third-order valence-electron chi connectivity index (χ3n) is 2.99. The predicted octanol–water partition coefficient (Wildman–Crippen LogP) is 5.44. The second kappa shape index (κ2) is 8.04. The molecule has 0 bridgehead atoms. The number of ether oxygens (including phenoxy) is 1. The molecule has 0 saturated carbocycles. The van der Waals surface area contributed by atoms with Gasteiger partial charge in [-0.05, 0) is 42.4 Å². The van der Waals surface area contributed by atoms with Crippen molar-refractivity contribution < 1.29 is 4.74 Å². The van der Waals surface area contributed by atoms with E-state index in [1.807, 2.05) is 30.3 Å².